The lowest BCUT2D eigenvalue weighted by molar-refractivity contribution is -0.139. The Kier molecular flexibility index (Phi) is 7.13. The second-order valence-electron chi connectivity index (χ2n) is 6.74. The zero-order valence-electron chi connectivity index (χ0n) is 16.5. The fraction of sp³-hybridized carbons (Fsp3) is 0.350. The Labute approximate surface area is 186 Å². The monoisotopic (exact) mass is 472 g/mol. The fourth-order valence-corrected chi connectivity index (χ4v) is 5.29. The molecular formula is C20H22Cl2N2O5S. The lowest BCUT2D eigenvalue weighted by atomic mass is 10.2. The molecule has 1 amide bonds. The predicted octanol–water partition coefficient (Wildman–Crippen LogP) is 3.30. The molecule has 1 fully saturated rings. The minimum atomic E-state index is -3.80. The van der Waals surface area contributed by atoms with Crippen LogP contribution in [0.4, 0.5) is 0 Å². The molecule has 1 saturated heterocycles. The third-order valence-electron chi connectivity index (χ3n) is 4.78. The number of carbonyl (C=O) groups excluding carboxylic acids is 1. The second kappa shape index (κ2) is 9.43. The summed E-state index contributed by atoms with van der Waals surface area (Å²) in [6.45, 7) is 2.50. The highest BCUT2D eigenvalue weighted by Gasteiger charge is 2.33. The number of ether oxygens (including phenoxy) is 2. The molecule has 3 rings (SSSR count). The van der Waals surface area contributed by atoms with Gasteiger partial charge in [0.05, 0.1) is 12.1 Å². The molecule has 1 atom stereocenters. The van der Waals surface area contributed by atoms with Gasteiger partial charge in [0.25, 0.3) is 5.91 Å². The van der Waals surface area contributed by atoms with Crippen LogP contribution in [0.5, 0.6) is 11.5 Å². The zero-order chi connectivity index (χ0) is 21.9. The van der Waals surface area contributed by atoms with E-state index in [1.54, 1.807) is 43.2 Å². The lowest BCUT2D eigenvalue weighted by Gasteiger charge is -2.35. The molecule has 2 aromatic rings. The number of halogens is 2. The van der Waals surface area contributed by atoms with Gasteiger partial charge < -0.3 is 14.4 Å². The number of piperazine rings is 1. The molecule has 10 heteroatoms. The van der Waals surface area contributed by atoms with Crippen molar-refractivity contribution in [3.63, 3.8) is 0 Å². The number of nitrogens with zero attached hydrogens (tertiary/aromatic N) is 2. The molecule has 0 bridgehead atoms. The summed E-state index contributed by atoms with van der Waals surface area (Å²) in [4.78, 5) is 14.3. The maximum atomic E-state index is 12.9. The Morgan fingerprint density at radius 2 is 1.60 bits per heavy atom. The Bertz CT molecular complexity index is 1010. The minimum absolute atomic E-state index is 0.0346. The molecule has 0 N–H and O–H groups in total. The van der Waals surface area contributed by atoms with Gasteiger partial charge in [0, 0.05) is 31.2 Å². The van der Waals surface area contributed by atoms with Crippen molar-refractivity contribution in [3.05, 3.63) is 52.5 Å². The molecular weight excluding hydrogens is 451 g/mol. The summed E-state index contributed by atoms with van der Waals surface area (Å²) in [5, 5.41) is 0.399. The highest BCUT2D eigenvalue weighted by atomic mass is 35.5. The van der Waals surface area contributed by atoms with E-state index < -0.39 is 16.1 Å². The first-order valence-corrected chi connectivity index (χ1v) is 11.5. The Morgan fingerprint density at radius 1 is 1.00 bits per heavy atom. The van der Waals surface area contributed by atoms with Gasteiger partial charge in [-0.2, -0.15) is 4.31 Å². The van der Waals surface area contributed by atoms with Gasteiger partial charge in [-0.3, -0.25) is 4.79 Å². The van der Waals surface area contributed by atoms with Gasteiger partial charge in [0.15, 0.2) is 6.10 Å². The number of sulfonamides is 1. The number of hydrogen-bond donors (Lipinski definition) is 0. The largest absolute Gasteiger partial charge is 0.497 e. The third kappa shape index (κ3) is 5.00. The van der Waals surface area contributed by atoms with Gasteiger partial charge in [-0.15, -0.1) is 0 Å². The Balaban J connectivity index is 1.61. The molecule has 0 saturated carbocycles. The van der Waals surface area contributed by atoms with E-state index >= 15 is 0 Å². The summed E-state index contributed by atoms with van der Waals surface area (Å²) in [5.74, 6) is 1.04. The summed E-state index contributed by atoms with van der Waals surface area (Å²) in [5.41, 5.74) is 0. The molecule has 0 spiro atoms. The Hall–Kier alpha value is -2.00. The highest BCUT2D eigenvalue weighted by molar-refractivity contribution is 7.89. The summed E-state index contributed by atoms with van der Waals surface area (Å²) in [6.07, 6.45) is -0.705. The maximum Gasteiger partial charge on any atom is 0.263 e. The van der Waals surface area contributed by atoms with E-state index in [4.69, 9.17) is 32.7 Å². The van der Waals surface area contributed by atoms with Gasteiger partial charge in [0.2, 0.25) is 10.0 Å². The van der Waals surface area contributed by atoms with Gasteiger partial charge in [-0.1, -0.05) is 23.2 Å². The van der Waals surface area contributed by atoms with E-state index in [1.165, 1.54) is 22.5 Å². The molecule has 0 aliphatic carbocycles. The molecule has 7 nitrogen and oxygen atoms in total. The number of amides is 1. The van der Waals surface area contributed by atoms with Crippen molar-refractivity contribution >= 4 is 39.1 Å². The summed E-state index contributed by atoms with van der Waals surface area (Å²) in [7, 11) is -2.23. The van der Waals surface area contributed by atoms with Crippen LogP contribution in [0.2, 0.25) is 10.0 Å². The van der Waals surface area contributed by atoms with Gasteiger partial charge >= 0.3 is 0 Å². The standard InChI is InChI=1S/C20H22Cl2N2O5S/c1-14(29-17-6-4-16(28-2)5-7-17)20(25)23-9-11-24(12-10-23)30(26,27)19-13-15(21)3-8-18(19)22/h3-8,13-14H,9-12H2,1-2H3. The van der Waals surface area contributed by atoms with E-state index in [9.17, 15) is 13.2 Å². The number of methoxy groups -OCH3 is 1. The first kappa shape index (κ1) is 22.7. The van der Waals surface area contributed by atoms with Crippen molar-refractivity contribution in [2.24, 2.45) is 0 Å². The van der Waals surface area contributed by atoms with E-state index in [-0.39, 0.29) is 47.0 Å². The smallest absolute Gasteiger partial charge is 0.263 e. The molecule has 1 aliphatic heterocycles. The van der Waals surface area contributed by atoms with Crippen molar-refractivity contribution in [1.82, 2.24) is 9.21 Å². The van der Waals surface area contributed by atoms with Crippen molar-refractivity contribution in [1.29, 1.82) is 0 Å². The van der Waals surface area contributed by atoms with E-state index in [0.29, 0.717) is 11.5 Å². The van der Waals surface area contributed by atoms with E-state index in [0.717, 1.165) is 0 Å². The second-order valence-corrected chi connectivity index (χ2v) is 9.49. The minimum Gasteiger partial charge on any atom is -0.497 e. The lowest BCUT2D eigenvalue weighted by Crippen LogP contribution is -2.53. The predicted molar refractivity (Wildman–Crippen MR) is 115 cm³/mol. The molecule has 1 unspecified atom stereocenters. The van der Waals surface area contributed by atoms with Gasteiger partial charge in [-0.25, -0.2) is 8.42 Å². The average molecular weight is 473 g/mol. The summed E-state index contributed by atoms with van der Waals surface area (Å²) >= 11 is 12.0. The third-order valence-corrected chi connectivity index (χ3v) is 7.40. The zero-order valence-corrected chi connectivity index (χ0v) is 18.9. The number of carbonyl (C=O) groups is 1. The quantitative estimate of drug-likeness (QED) is 0.644. The van der Waals surface area contributed by atoms with Crippen LogP contribution in [-0.2, 0) is 14.8 Å². The van der Waals surface area contributed by atoms with E-state index in [1.807, 2.05) is 0 Å². The van der Waals surface area contributed by atoms with Crippen LogP contribution in [-0.4, -0.2) is 62.9 Å². The number of benzene rings is 2. The molecule has 0 aromatic heterocycles. The molecule has 1 aliphatic rings. The molecule has 1 heterocycles. The summed E-state index contributed by atoms with van der Waals surface area (Å²) in [6, 6.07) is 11.3. The van der Waals surface area contributed by atoms with E-state index in [2.05, 4.69) is 0 Å². The van der Waals surface area contributed by atoms with Crippen LogP contribution in [0.3, 0.4) is 0 Å². The Morgan fingerprint density at radius 3 is 2.20 bits per heavy atom. The van der Waals surface area contributed by atoms with Crippen molar-refractivity contribution in [3.8, 4) is 11.5 Å². The molecule has 30 heavy (non-hydrogen) atoms. The van der Waals surface area contributed by atoms with Crippen LogP contribution >= 0.6 is 23.2 Å². The number of rotatable bonds is 6. The SMILES string of the molecule is COc1ccc(OC(C)C(=O)N2CCN(S(=O)(=O)c3cc(Cl)ccc3Cl)CC2)cc1. The topological polar surface area (TPSA) is 76.2 Å². The molecule has 162 valence electrons. The van der Waals surface area contributed by atoms with Crippen LogP contribution in [0.15, 0.2) is 47.4 Å². The molecule has 0 radical (unpaired) electrons. The normalized spacial score (nSPS) is 16.2. The first-order valence-electron chi connectivity index (χ1n) is 9.27. The van der Waals surface area contributed by atoms with Crippen molar-refractivity contribution in [2.75, 3.05) is 33.3 Å². The van der Waals surface area contributed by atoms with Crippen LogP contribution < -0.4 is 9.47 Å². The van der Waals surface area contributed by atoms with Crippen LogP contribution in [0.1, 0.15) is 6.92 Å². The summed E-state index contributed by atoms with van der Waals surface area (Å²) < 4.78 is 37.9. The average Bonchev–Trinajstić information content (AvgIpc) is 2.75. The van der Waals surface area contributed by atoms with Gasteiger partial charge in [-0.05, 0) is 49.4 Å². The highest BCUT2D eigenvalue weighted by Crippen LogP contribution is 2.28. The maximum absolute atomic E-state index is 12.9. The van der Waals surface area contributed by atoms with Crippen molar-refractivity contribution < 1.29 is 22.7 Å². The van der Waals surface area contributed by atoms with Crippen LogP contribution in [0, 0.1) is 0 Å². The fourth-order valence-electron chi connectivity index (χ4n) is 3.13. The van der Waals surface area contributed by atoms with Gasteiger partial charge in [0.1, 0.15) is 16.4 Å². The molecule has 2 aromatic carbocycles. The first-order chi connectivity index (χ1) is 14.2. The number of hydrogen-bond acceptors (Lipinski definition) is 5. The van der Waals surface area contributed by atoms with Crippen molar-refractivity contribution in [2.45, 2.75) is 17.9 Å². The van der Waals surface area contributed by atoms with Crippen LogP contribution in [0.25, 0.3) is 0 Å².